The molecule has 0 spiro atoms. The fourth-order valence-corrected chi connectivity index (χ4v) is 2.85. The van der Waals surface area contributed by atoms with Crippen LogP contribution in [0.2, 0.25) is 0 Å². The Morgan fingerprint density at radius 2 is 2.06 bits per heavy atom. The van der Waals surface area contributed by atoms with Crippen molar-refractivity contribution in [2.24, 2.45) is 5.92 Å². The average molecular weight is 253 g/mol. The van der Waals surface area contributed by atoms with Crippen LogP contribution < -0.4 is 10.6 Å². The summed E-state index contributed by atoms with van der Waals surface area (Å²) in [6, 6.07) is 0.748. The first kappa shape index (κ1) is 13.7. The van der Waals surface area contributed by atoms with E-state index in [-0.39, 0.29) is 6.03 Å². The highest BCUT2D eigenvalue weighted by Gasteiger charge is 2.20. The maximum Gasteiger partial charge on any atom is 0.317 e. The summed E-state index contributed by atoms with van der Waals surface area (Å²) in [4.78, 5) is 13.9. The summed E-state index contributed by atoms with van der Waals surface area (Å²) in [7, 11) is 0. The van der Waals surface area contributed by atoms with Gasteiger partial charge in [-0.1, -0.05) is 13.3 Å². The lowest BCUT2D eigenvalue weighted by Gasteiger charge is -2.30. The summed E-state index contributed by atoms with van der Waals surface area (Å²) in [5.41, 5.74) is 0. The molecule has 2 N–H and O–H groups in total. The summed E-state index contributed by atoms with van der Waals surface area (Å²) in [5.74, 6) is 0.778. The fourth-order valence-electron chi connectivity index (χ4n) is 2.85. The third-order valence-electron chi connectivity index (χ3n) is 4.25. The highest BCUT2D eigenvalue weighted by atomic mass is 16.2. The summed E-state index contributed by atoms with van der Waals surface area (Å²) in [6.45, 7) is 6.07. The smallest absolute Gasteiger partial charge is 0.317 e. The fraction of sp³-hybridized carbons (Fsp3) is 0.929. The summed E-state index contributed by atoms with van der Waals surface area (Å²) < 4.78 is 0. The van der Waals surface area contributed by atoms with Crippen molar-refractivity contribution in [3.05, 3.63) is 0 Å². The maximum atomic E-state index is 11.9. The molecule has 2 saturated heterocycles. The zero-order chi connectivity index (χ0) is 12.8. The van der Waals surface area contributed by atoms with Crippen LogP contribution in [0.15, 0.2) is 0 Å². The third-order valence-corrected chi connectivity index (χ3v) is 4.25. The molecule has 2 heterocycles. The van der Waals surface area contributed by atoms with Crippen molar-refractivity contribution in [3.8, 4) is 0 Å². The first-order valence-corrected chi connectivity index (χ1v) is 7.52. The molecule has 0 aromatic heterocycles. The van der Waals surface area contributed by atoms with Crippen LogP contribution in [0.1, 0.15) is 45.4 Å². The van der Waals surface area contributed by atoms with E-state index in [1.165, 1.54) is 19.3 Å². The molecule has 0 radical (unpaired) electrons. The lowest BCUT2D eigenvalue weighted by molar-refractivity contribution is 0.173. The van der Waals surface area contributed by atoms with Gasteiger partial charge in [-0.2, -0.15) is 0 Å². The lowest BCUT2D eigenvalue weighted by Crippen LogP contribution is -2.45. The largest absolute Gasteiger partial charge is 0.338 e. The molecule has 2 rings (SSSR count). The monoisotopic (exact) mass is 253 g/mol. The molecule has 0 bridgehead atoms. The molecule has 2 amide bonds. The van der Waals surface area contributed by atoms with E-state index >= 15 is 0 Å². The number of hydrogen-bond acceptors (Lipinski definition) is 2. The molecule has 1 atom stereocenters. The van der Waals surface area contributed by atoms with Crippen LogP contribution in [-0.2, 0) is 0 Å². The van der Waals surface area contributed by atoms with Crippen LogP contribution >= 0.6 is 0 Å². The molecule has 0 aromatic rings. The predicted molar refractivity (Wildman–Crippen MR) is 73.6 cm³/mol. The van der Waals surface area contributed by atoms with Crippen LogP contribution in [0.5, 0.6) is 0 Å². The van der Waals surface area contributed by atoms with Crippen molar-refractivity contribution in [2.45, 2.75) is 51.5 Å². The Morgan fingerprint density at radius 3 is 2.72 bits per heavy atom. The number of carbonyl (C=O) groups is 1. The van der Waals surface area contributed by atoms with E-state index in [0.29, 0.717) is 6.04 Å². The van der Waals surface area contributed by atoms with Crippen molar-refractivity contribution in [1.29, 1.82) is 0 Å². The summed E-state index contributed by atoms with van der Waals surface area (Å²) in [6.07, 6.45) is 7.26. The van der Waals surface area contributed by atoms with Gasteiger partial charge in [0.2, 0.25) is 0 Å². The van der Waals surface area contributed by atoms with E-state index in [9.17, 15) is 4.79 Å². The maximum absolute atomic E-state index is 11.9. The molecule has 0 aliphatic carbocycles. The molecule has 4 heteroatoms. The third kappa shape index (κ3) is 4.16. The van der Waals surface area contributed by atoms with E-state index in [1.807, 2.05) is 4.90 Å². The minimum absolute atomic E-state index is 0.137. The number of likely N-dealkylation sites (tertiary alicyclic amines) is 1. The van der Waals surface area contributed by atoms with Gasteiger partial charge in [-0.25, -0.2) is 4.79 Å². The van der Waals surface area contributed by atoms with Gasteiger partial charge in [-0.05, 0) is 44.6 Å². The topological polar surface area (TPSA) is 44.4 Å². The molecular weight excluding hydrogens is 226 g/mol. The normalized spacial score (nSPS) is 26.1. The minimum atomic E-state index is 0.137. The van der Waals surface area contributed by atoms with Gasteiger partial charge in [0.25, 0.3) is 0 Å². The van der Waals surface area contributed by atoms with Crippen LogP contribution in [0.3, 0.4) is 0 Å². The molecule has 0 saturated carbocycles. The number of nitrogens with zero attached hydrogens (tertiary/aromatic N) is 1. The number of nitrogens with one attached hydrogen (secondary N) is 2. The van der Waals surface area contributed by atoms with Crippen molar-refractivity contribution in [3.63, 3.8) is 0 Å². The zero-order valence-corrected chi connectivity index (χ0v) is 11.6. The van der Waals surface area contributed by atoms with Crippen LogP contribution in [0.4, 0.5) is 4.79 Å². The first-order chi connectivity index (χ1) is 8.75. The van der Waals surface area contributed by atoms with Crippen LogP contribution in [-0.4, -0.2) is 43.2 Å². The van der Waals surface area contributed by atoms with E-state index in [0.717, 1.165) is 51.4 Å². The second-order valence-electron chi connectivity index (χ2n) is 5.84. The SMILES string of the molecule is CC1CCN(C(=O)NCCC2CCCCN2)CC1. The van der Waals surface area contributed by atoms with Gasteiger partial charge in [0, 0.05) is 25.7 Å². The number of urea groups is 1. The lowest BCUT2D eigenvalue weighted by atomic mass is 9.99. The Bertz CT molecular complexity index is 256. The van der Waals surface area contributed by atoms with Crippen molar-refractivity contribution >= 4 is 6.03 Å². The molecule has 18 heavy (non-hydrogen) atoms. The van der Waals surface area contributed by atoms with Gasteiger partial charge in [0.15, 0.2) is 0 Å². The van der Waals surface area contributed by atoms with Gasteiger partial charge in [0.1, 0.15) is 0 Å². The average Bonchev–Trinajstić information content (AvgIpc) is 2.40. The molecule has 2 fully saturated rings. The van der Waals surface area contributed by atoms with Gasteiger partial charge in [-0.3, -0.25) is 0 Å². The van der Waals surface area contributed by atoms with Crippen LogP contribution in [0.25, 0.3) is 0 Å². The molecule has 104 valence electrons. The Balaban J connectivity index is 1.59. The molecule has 2 aliphatic heterocycles. The zero-order valence-electron chi connectivity index (χ0n) is 11.6. The second-order valence-corrected chi connectivity index (χ2v) is 5.84. The van der Waals surface area contributed by atoms with Gasteiger partial charge in [-0.15, -0.1) is 0 Å². The predicted octanol–water partition coefficient (Wildman–Crippen LogP) is 1.96. The minimum Gasteiger partial charge on any atom is -0.338 e. The molecular formula is C14H27N3O. The van der Waals surface area contributed by atoms with Gasteiger partial charge >= 0.3 is 6.03 Å². The first-order valence-electron chi connectivity index (χ1n) is 7.52. The molecule has 4 nitrogen and oxygen atoms in total. The van der Waals surface area contributed by atoms with E-state index in [2.05, 4.69) is 17.6 Å². The number of piperidine rings is 2. The second kappa shape index (κ2) is 6.98. The van der Waals surface area contributed by atoms with Gasteiger partial charge in [0.05, 0.1) is 0 Å². The molecule has 1 unspecified atom stereocenters. The Labute approximate surface area is 110 Å². The Hall–Kier alpha value is -0.770. The summed E-state index contributed by atoms with van der Waals surface area (Å²) >= 11 is 0. The number of hydrogen-bond donors (Lipinski definition) is 2. The van der Waals surface area contributed by atoms with E-state index in [1.54, 1.807) is 0 Å². The van der Waals surface area contributed by atoms with E-state index in [4.69, 9.17) is 0 Å². The summed E-state index contributed by atoms with van der Waals surface area (Å²) in [5, 5.41) is 6.57. The number of carbonyl (C=O) groups excluding carboxylic acids is 1. The number of amides is 2. The van der Waals surface area contributed by atoms with Crippen molar-refractivity contribution < 1.29 is 4.79 Å². The Morgan fingerprint density at radius 1 is 1.28 bits per heavy atom. The highest BCUT2D eigenvalue weighted by Crippen LogP contribution is 2.15. The van der Waals surface area contributed by atoms with E-state index < -0.39 is 0 Å². The number of rotatable bonds is 3. The molecule has 2 aliphatic rings. The highest BCUT2D eigenvalue weighted by molar-refractivity contribution is 5.74. The standard InChI is InChI=1S/C14H27N3O/c1-12-6-10-17(11-7-12)14(18)16-9-5-13-4-2-3-8-15-13/h12-13,15H,2-11H2,1H3,(H,16,18). The Kier molecular flexibility index (Phi) is 5.29. The van der Waals surface area contributed by atoms with Crippen LogP contribution in [0, 0.1) is 5.92 Å². The van der Waals surface area contributed by atoms with Gasteiger partial charge < -0.3 is 15.5 Å². The van der Waals surface area contributed by atoms with Crippen molar-refractivity contribution in [2.75, 3.05) is 26.2 Å². The molecule has 0 aromatic carbocycles. The van der Waals surface area contributed by atoms with Crippen molar-refractivity contribution in [1.82, 2.24) is 15.5 Å². The quantitative estimate of drug-likeness (QED) is 0.807.